The van der Waals surface area contributed by atoms with Crippen LogP contribution in [0.3, 0.4) is 0 Å². The Hall–Kier alpha value is -1.82. The second-order valence-electron chi connectivity index (χ2n) is 5.19. The maximum Gasteiger partial charge on any atom is 0.257 e. The number of rotatable bonds is 5. The van der Waals surface area contributed by atoms with Crippen molar-refractivity contribution in [3.63, 3.8) is 0 Å². The predicted molar refractivity (Wildman–Crippen MR) is 98.6 cm³/mol. The number of hydrogen-bond acceptors (Lipinski definition) is 4. The molecule has 0 aliphatic heterocycles. The SMILES string of the molecule is COc1ccc(C(C)NC(=O)c2c(O)c(Cl)cc(Cl)c2Cl)cc1OC. The first-order chi connectivity index (χ1) is 11.8. The van der Waals surface area contributed by atoms with Gasteiger partial charge in [0.2, 0.25) is 0 Å². The molecule has 0 heterocycles. The number of hydrogen-bond donors (Lipinski definition) is 2. The maximum atomic E-state index is 12.5. The molecule has 2 aromatic rings. The van der Waals surface area contributed by atoms with Crippen molar-refractivity contribution in [2.24, 2.45) is 0 Å². The van der Waals surface area contributed by atoms with Crippen LogP contribution in [0.5, 0.6) is 17.2 Å². The van der Waals surface area contributed by atoms with Crippen molar-refractivity contribution in [2.75, 3.05) is 14.2 Å². The van der Waals surface area contributed by atoms with E-state index in [0.717, 1.165) is 5.56 Å². The zero-order valence-electron chi connectivity index (χ0n) is 13.7. The summed E-state index contributed by atoms with van der Waals surface area (Å²) in [5, 5.41) is 12.7. The highest BCUT2D eigenvalue weighted by atomic mass is 35.5. The molecule has 5 nitrogen and oxygen atoms in total. The molecule has 0 fully saturated rings. The van der Waals surface area contributed by atoms with Crippen molar-refractivity contribution in [3.05, 3.63) is 50.5 Å². The van der Waals surface area contributed by atoms with E-state index < -0.39 is 17.7 Å². The molecule has 1 unspecified atom stereocenters. The minimum absolute atomic E-state index is 0.0571. The van der Waals surface area contributed by atoms with Crippen molar-refractivity contribution < 1.29 is 19.4 Å². The number of methoxy groups -OCH3 is 2. The van der Waals surface area contributed by atoms with Gasteiger partial charge in [0, 0.05) is 0 Å². The molecule has 0 aromatic heterocycles. The highest BCUT2D eigenvalue weighted by Gasteiger charge is 2.23. The summed E-state index contributed by atoms with van der Waals surface area (Å²) in [7, 11) is 3.06. The molecule has 0 aliphatic carbocycles. The van der Waals surface area contributed by atoms with E-state index >= 15 is 0 Å². The van der Waals surface area contributed by atoms with Crippen molar-refractivity contribution in [1.29, 1.82) is 0 Å². The fourth-order valence-electron chi connectivity index (χ4n) is 2.27. The molecule has 0 saturated carbocycles. The largest absolute Gasteiger partial charge is 0.505 e. The second-order valence-corrected chi connectivity index (χ2v) is 6.38. The summed E-state index contributed by atoms with van der Waals surface area (Å²) >= 11 is 17.8. The number of benzene rings is 2. The van der Waals surface area contributed by atoms with Crippen molar-refractivity contribution in [2.45, 2.75) is 13.0 Å². The quantitative estimate of drug-likeness (QED) is 0.698. The van der Waals surface area contributed by atoms with Gasteiger partial charge in [-0.1, -0.05) is 40.9 Å². The second kappa shape index (κ2) is 8.04. The lowest BCUT2D eigenvalue weighted by atomic mass is 10.1. The molecule has 2 rings (SSSR count). The Morgan fingerprint density at radius 3 is 2.32 bits per heavy atom. The normalized spacial score (nSPS) is 11.8. The summed E-state index contributed by atoms with van der Waals surface area (Å²) in [6.45, 7) is 1.77. The van der Waals surface area contributed by atoms with Gasteiger partial charge < -0.3 is 19.9 Å². The van der Waals surface area contributed by atoms with E-state index in [1.165, 1.54) is 20.3 Å². The van der Waals surface area contributed by atoms with E-state index in [0.29, 0.717) is 11.5 Å². The van der Waals surface area contributed by atoms with Gasteiger partial charge in [-0.25, -0.2) is 0 Å². The van der Waals surface area contributed by atoms with Crippen LogP contribution in [0.25, 0.3) is 0 Å². The Labute approximate surface area is 160 Å². The lowest BCUT2D eigenvalue weighted by Gasteiger charge is -2.18. The molecular weight excluding hydrogens is 389 g/mol. The molecule has 25 heavy (non-hydrogen) atoms. The van der Waals surface area contributed by atoms with E-state index in [1.54, 1.807) is 25.1 Å². The lowest BCUT2D eigenvalue weighted by Crippen LogP contribution is -2.27. The Morgan fingerprint density at radius 1 is 1.08 bits per heavy atom. The molecule has 8 heteroatoms. The highest BCUT2D eigenvalue weighted by Crippen LogP contribution is 2.38. The Bertz CT molecular complexity index is 785. The van der Waals surface area contributed by atoms with Gasteiger partial charge in [-0.2, -0.15) is 0 Å². The lowest BCUT2D eigenvalue weighted by molar-refractivity contribution is 0.0937. The third-order valence-electron chi connectivity index (χ3n) is 3.63. The highest BCUT2D eigenvalue weighted by molar-refractivity contribution is 6.45. The number of carbonyl (C=O) groups is 1. The first kappa shape index (κ1) is 19.5. The van der Waals surface area contributed by atoms with E-state index in [9.17, 15) is 9.90 Å². The fraction of sp³-hybridized carbons (Fsp3) is 0.235. The smallest absolute Gasteiger partial charge is 0.257 e. The van der Waals surface area contributed by atoms with Crippen LogP contribution >= 0.6 is 34.8 Å². The van der Waals surface area contributed by atoms with E-state index in [4.69, 9.17) is 44.3 Å². The minimum Gasteiger partial charge on any atom is -0.505 e. The monoisotopic (exact) mass is 403 g/mol. The molecule has 1 atom stereocenters. The molecule has 0 radical (unpaired) electrons. The van der Waals surface area contributed by atoms with Gasteiger partial charge in [-0.15, -0.1) is 0 Å². The molecule has 1 amide bonds. The van der Waals surface area contributed by atoms with Gasteiger partial charge in [0.05, 0.1) is 35.3 Å². The topological polar surface area (TPSA) is 67.8 Å². The van der Waals surface area contributed by atoms with Gasteiger partial charge in [-0.3, -0.25) is 4.79 Å². The van der Waals surface area contributed by atoms with Crippen molar-refractivity contribution in [3.8, 4) is 17.2 Å². The van der Waals surface area contributed by atoms with E-state index in [-0.39, 0.29) is 20.6 Å². The maximum absolute atomic E-state index is 12.5. The van der Waals surface area contributed by atoms with Gasteiger partial charge in [0.25, 0.3) is 5.91 Å². The predicted octanol–water partition coefficient (Wildman–Crippen LogP) is 4.86. The van der Waals surface area contributed by atoms with Crippen LogP contribution in [-0.2, 0) is 0 Å². The Morgan fingerprint density at radius 2 is 1.72 bits per heavy atom. The van der Waals surface area contributed by atoms with Gasteiger partial charge in [0.1, 0.15) is 11.3 Å². The van der Waals surface area contributed by atoms with Crippen LogP contribution in [0.4, 0.5) is 0 Å². The third-order valence-corrected chi connectivity index (χ3v) is 4.70. The summed E-state index contributed by atoms with van der Waals surface area (Å²) < 4.78 is 10.4. The molecule has 0 spiro atoms. The molecule has 0 aliphatic rings. The molecule has 2 aromatic carbocycles. The van der Waals surface area contributed by atoms with Crippen LogP contribution in [-0.4, -0.2) is 25.2 Å². The van der Waals surface area contributed by atoms with Crippen molar-refractivity contribution in [1.82, 2.24) is 5.32 Å². The zero-order chi connectivity index (χ0) is 18.7. The first-order valence-corrected chi connectivity index (χ1v) is 8.32. The van der Waals surface area contributed by atoms with Crippen LogP contribution in [0, 0.1) is 0 Å². The van der Waals surface area contributed by atoms with Crippen LogP contribution in [0.15, 0.2) is 24.3 Å². The van der Waals surface area contributed by atoms with Gasteiger partial charge >= 0.3 is 0 Å². The molecular formula is C17H16Cl3NO4. The number of phenols is 1. The Balaban J connectivity index is 2.30. The Kier molecular flexibility index (Phi) is 6.27. The summed E-state index contributed by atoms with van der Waals surface area (Å²) in [6.07, 6.45) is 0. The van der Waals surface area contributed by atoms with Crippen LogP contribution in [0.2, 0.25) is 15.1 Å². The number of nitrogens with one attached hydrogen (secondary N) is 1. The van der Waals surface area contributed by atoms with Crippen LogP contribution < -0.4 is 14.8 Å². The molecule has 2 N–H and O–H groups in total. The summed E-state index contributed by atoms with van der Waals surface area (Å²) in [6, 6.07) is 6.14. The average Bonchev–Trinajstić information content (AvgIpc) is 2.59. The average molecular weight is 405 g/mol. The van der Waals surface area contributed by atoms with Crippen molar-refractivity contribution >= 4 is 40.7 Å². The summed E-state index contributed by atoms with van der Waals surface area (Å²) in [5.41, 5.74) is 0.598. The zero-order valence-corrected chi connectivity index (χ0v) is 16.0. The van der Waals surface area contributed by atoms with E-state index in [1.807, 2.05) is 0 Å². The summed E-state index contributed by atoms with van der Waals surface area (Å²) in [5.74, 6) is 0.0853. The number of amides is 1. The first-order valence-electron chi connectivity index (χ1n) is 7.19. The van der Waals surface area contributed by atoms with Crippen LogP contribution in [0.1, 0.15) is 28.9 Å². The fourth-order valence-corrected chi connectivity index (χ4v) is 2.96. The number of carbonyl (C=O) groups excluding carboxylic acids is 1. The number of halogens is 3. The van der Waals surface area contributed by atoms with Gasteiger partial charge in [0.15, 0.2) is 11.5 Å². The molecule has 134 valence electrons. The molecule has 0 saturated heterocycles. The summed E-state index contributed by atoms with van der Waals surface area (Å²) in [4.78, 5) is 12.5. The number of phenolic OH excluding ortho intramolecular Hbond substituents is 1. The third kappa shape index (κ3) is 4.06. The number of aromatic hydroxyl groups is 1. The van der Waals surface area contributed by atoms with Gasteiger partial charge in [-0.05, 0) is 30.7 Å². The van der Waals surface area contributed by atoms with E-state index in [2.05, 4.69) is 5.32 Å². The molecule has 0 bridgehead atoms. The standard InChI is InChI=1S/C17H16Cl3NO4/c1-8(9-4-5-12(24-2)13(6-9)25-3)21-17(23)14-15(20)10(18)7-11(19)16(14)22/h4-8,22H,1-3H3,(H,21,23). The minimum atomic E-state index is -0.603. The number of ether oxygens (including phenoxy) is 2.